The van der Waals surface area contributed by atoms with Gasteiger partial charge in [-0.2, -0.15) is 0 Å². The van der Waals surface area contributed by atoms with Crippen LogP contribution in [0.15, 0.2) is 48.5 Å². The van der Waals surface area contributed by atoms with Crippen molar-refractivity contribution in [3.05, 3.63) is 64.7 Å². The van der Waals surface area contributed by atoms with E-state index in [9.17, 15) is 4.79 Å². The maximum atomic E-state index is 13.0. The molecule has 5 rings (SSSR count). The molecule has 2 aromatic carbocycles. The molecule has 1 aliphatic carbocycles. The first-order chi connectivity index (χ1) is 15.2. The summed E-state index contributed by atoms with van der Waals surface area (Å²) >= 11 is 1.79. The topological polar surface area (TPSA) is 48.5 Å². The third-order valence-electron chi connectivity index (χ3n) is 6.72. The number of benzene rings is 2. The van der Waals surface area contributed by atoms with Crippen LogP contribution >= 0.6 is 11.3 Å². The molecule has 1 aromatic heterocycles. The summed E-state index contributed by atoms with van der Waals surface area (Å²) < 4.78 is 1.26. The molecule has 6 heteroatoms. The summed E-state index contributed by atoms with van der Waals surface area (Å²) in [6.07, 6.45) is 3.29. The van der Waals surface area contributed by atoms with E-state index in [1.165, 1.54) is 20.8 Å². The van der Waals surface area contributed by atoms with Gasteiger partial charge in [0.2, 0.25) is 5.91 Å². The number of nitrogens with one attached hydrogen (secondary N) is 1. The molecule has 2 atom stereocenters. The highest BCUT2D eigenvalue weighted by Gasteiger charge is 2.29. The van der Waals surface area contributed by atoms with Crippen molar-refractivity contribution in [1.82, 2.24) is 20.1 Å². The number of rotatable bonds is 5. The Kier molecular flexibility index (Phi) is 6.03. The minimum atomic E-state index is -0.0984. The highest BCUT2D eigenvalue weighted by molar-refractivity contribution is 7.18. The summed E-state index contributed by atoms with van der Waals surface area (Å²) in [4.78, 5) is 22.6. The van der Waals surface area contributed by atoms with Gasteiger partial charge in [-0.15, -0.1) is 11.3 Å². The molecule has 0 radical (unpaired) electrons. The normalized spacial score (nSPS) is 21.0. The summed E-state index contributed by atoms with van der Waals surface area (Å²) in [5.74, 6) is 0.154. The molecule has 1 N–H and O–H groups in total. The Morgan fingerprint density at radius 1 is 1.13 bits per heavy atom. The molecule has 1 fully saturated rings. The fourth-order valence-corrected chi connectivity index (χ4v) is 5.86. The highest BCUT2D eigenvalue weighted by Crippen LogP contribution is 2.29. The van der Waals surface area contributed by atoms with Crippen LogP contribution in [0.1, 0.15) is 41.9 Å². The first kappa shape index (κ1) is 20.6. The minimum absolute atomic E-state index is 0.0984. The van der Waals surface area contributed by atoms with Gasteiger partial charge in [0.25, 0.3) is 0 Å². The largest absolute Gasteiger partial charge is 0.348 e. The van der Waals surface area contributed by atoms with Crippen LogP contribution in [0.3, 0.4) is 0 Å². The average molecular weight is 435 g/mol. The van der Waals surface area contributed by atoms with Gasteiger partial charge in [-0.25, -0.2) is 4.98 Å². The van der Waals surface area contributed by atoms with Gasteiger partial charge >= 0.3 is 0 Å². The smallest absolute Gasteiger partial charge is 0.237 e. The van der Waals surface area contributed by atoms with Gasteiger partial charge in [0.05, 0.1) is 28.8 Å². The van der Waals surface area contributed by atoms with Crippen LogP contribution < -0.4 is 5.32 Å². The summed E-state index contributed by atoms with van der Waals surface area (Å²) in [6.45, 7) is 6.72. The zero-order valence-corrected chi connectivity index (χ0v) is 18.9. The predicted octanol–water partition coefficient (Wildman–Crippen LogP) is 4.00. The maximum Gasteiger partial charge on any atom is 0.237 e. The van der Waals surface area contributed by atoms with Crippen molar-refractivity contribution < 1.29 is 4.79 Å². The minimum Gasteiger partial charge on any atom is -0.348 e. The molecular weight excluding hydrogens is 404 g/mol. The third-order valence-corrected chi connectivity index (χ3v) is 7.74. The van der Waals surface area contributed by atoms with E-state index in [-0.39, 0.29) is 18.0 Å². The van der Waals surface area contributed by atoms with E-state index in [0.29, 0.717) is 0 Å². The maximum absolute atomic E-state index is 13.0. The van der Waals surface area contributed by atoms with Crippen molar-refractivity contribution in [1.29, 1.82) is 0 Å². The van der Waals surface area contributed by atoms with Gasteiger partial charge in [-0.05, 0) is 49.4 Å². The first-order valence-electron chi connectivity index (χ1n) is 11.4. The molecule has 1 amide bonds. The van der Waals surface area contributed by atoms with Crippen LogP contribution in [-0.2, 0) is 17.8 Å². The standard InChI is InChI=1S/C25H30N4OS/c1-18(25(30)27-21-11-6-8-19-7-2-3-9-20(19)21)29-15-13-28(14-16-29)17-24-26-22-10-4-5-12-23(22)31-24/h2-5,7,9-10,12,18,21H,6,8,11,13-17H2,1H3,(H,27,30). The van der Waals surface area contributed by atoms with Crippen LogP contribution in [0.2, 0.25) is 0 Å². The second kappa shape index (κ2) is 9.07. The van der Waals surface area contributed by atoms with Crippen LogP contribution in [0.4, 0.5) is 0 Å². The van der Waals surface area contributed by atoms with Gasteiger partial charge < -0.3 is 5.32 Å². The van der Waals surface area contributed by atoms with Crippen molar-refractivity contribution in [3.8, 4) is 0 Å². The number of hydrogen-bond acceptors (Lipinski definition) is 5. The zero-order valence-electron chi connectivity index (χ0n) is 18.1. The number of amides is 1. The Balaban J connectivity index is 1.15. The molecule has 2 heterocycles. The second-order valence-electron chi connectivity index (χ2n) is 8.72. The number of aryl methyl sites for hydroxylation is 1. The molecule has 1 saturated heterocycles. The molecular formula is C25H30N4OS. The van der Waals surface area contributed by atoms with Gasteiger partial charge in [0, 0.05) is 26.2 Å². The van der Waals surface area contributed by atoms with E-state index < -0.39 is 0 Å². The molecule has 2 aliphatic rings. The molecule has 31 heavy (non-hydrogen) atoms. The Morgan fingerprint density at radius 3 is 2.74 bits per heavy atom. The number of carbonyl (C=O) groups excluding carboxylic acids is 1. The average Bonchev–Trinajstić information content (AvgIpc) is 3.21. The third kappa shape index (κ3) is 4.52. The SMILES string of the molecule is CC(C(=O)NC1CCCc2ccccc21)N1CCN(Cc2nc3ccccc3s2)CC1. The van der Waals surface area contributed by atoms with E-state index in [2.05, 4.69) is 57.6 Å². The fraction of sp³-hybridized carbons (Fsp3) is 0.440. The molecule has 1 aliphatic heterocycles. The van der Waals surface area contributed by atoms with Crippen LogP contribution in [0.25, 0.3) is 10.2 Å². The van der Waals surface area contributed by atoms with Crippen molar-refractivity contribution >= 4 is 27.5 Å². The van der Waals surface area contributed by atoms with E-state index in [4.69, 9.17) is 4.98 Å². The number of aromatic nitrogens is 1. The molecule has 0 spiro atoms. The lowest BCUT2D eigenvalue weighted by atomic mass is 9.87. The summed E-state index contributed by atoms with van der Waals surface area (Å²) in [6, 6.07) is 16.9. The van der Waals surface area contributed by atoms with Crippen LogP contribution in [0, 0.1) is 0 Å². The lowest BCUT2D eigenvalue weighted by Gasteiger charge is -2.38. The van der Waals surface area contributed by atoms with Crippen molar-refractivity contribution in [2.75, 3.05) is 26.2 Å². The van der Waals surface area contributed by atoms with E-state index in [1.807, 2.05) is 13.0 Å². The van der Waals surface area contributed by atoms with Crippen molar-refractivity contribution in [2.24, 2.45) is 0 Å². The molecule has 162 valence electrons. The Bertz CT molecular complexity index is 1020. The zero-order chi connectivity index (χ0) is 21.2. The number of thiazole rings is 1. The monoisotopic (exact) mass is 434 g/mol. The quantitative estimate of drug-likeness (QED) is 0.660. The number of piperazine rings is 1. The Morgan fingerprint density at radius 2 is 1.90 bits per heavy atom. The lowest BCUT2D eigenvalue weighted by molar-refractivity contribution is -0.127. The molecule has 2 unspecified atom stereocenters. The highest BCUT2D eigenvalue weighted by atomic mass is 32.1. The van der Waals surface area contributed by atoms with Gasteiger partial charge in [0.1, 0.15) is 5.01 Å². The molecule has 0 saturated carbocycles. The predicted molar refractivity (Wildman–Crippen MR) is 126 cm³/mol. The number of para-hydroxylation sites is 1. The van der Waals surface area contributed by atoms with Gasteiger partial charge in [-0.1, -0.05) is 36.4 Å². The van der Waals surface area contributed by atoms with Crippen molar-refractivity contribution in [3.63, 3.8) is 0 Å². The molecule has 5 nitrogen and oxygen atoms in total. The molecule has 3 aromatic rings. The van der Waals surface area contributed by atoms with E-state index >= 15 is 0 Å². The second-order valence-corrected chi connectivity index (χ2v) is 9.83. The number of nitrogens with zero attached hydrogens (tertiary/aromatic N) is 3. The number of carbonyl (C=O) groups is 1. The van der Waals surface area contributed by atoms with Crippen molar-refractivity contribution in [2.45, 2.75) is 44.8 Å². The Labute approximate surface area is 188 Å². The first-order valence-corrected chi connectivity index (χ1v) is 12.2. The molecule has 0 bridgehead atoms. The van der Waals surface area contributed by atoms with E-state index in [1.54, 1.807) is 11.3 Å². The van der Waals surface area contributed by atoms with Gasteiger partial charge in [-0.3, -0.25) is 14.6 Å². The number of hydrogen-bond donors (Lipinski definition) is 1. The summed E-state index contributed by atoms with van der Waals surface area (Å²) in [7, 11) is 0. The fourth-order valence-electron chi connectivity index (χ4n) is 4.85. The number of fused-ring (bicyclic) bond motifs is 2. The van der Waals surface area contributed by atoms with Crippen LogP contribution in [0.5, 0.6) is 0 Å². The Hall–Kier alpha value is -2.28. The summed E-state index contributed by atoms with van der Waals surface area (Å²) in [5, 5.41) is 4.51. The lowest BCUT2D eigenvalue weighted by Crippen LogP contribution is -2.54. The van der Waals surface area contributed by atoms with Gasteiger partial charge in [0.15, 0.2) is 0 Å². The van der Waals surface area contributed by atoms with E-state index in [0.717, 1.165) is 57.5 Å². The van der Waals surface area contributed by atoms with Crippen LogP contribution in [-0.4, -0.2) is 52.9 Å². The summed E-state index contributed by atoms with van der Waals surface area (Å²) in [5.41, 5.74) is 3.78.